The fourth-order valence-electron chi connectivity index (χ4n) is 4.77. The minimum atomic E-state index is -0.0458. The standard InChI is InChI=1S/C31H46N2O2S/c1-4-5-6-7-8-9-10-11-12-17-31(34)35-25-32-20-22-33(23-21-32)28-15-13-14-16-30(28)36-29-19-18-26(2)24-27(29)3/h13-16,18-19,24H,4-12,17,20-23,25H2,1-3H3. The largest absolute Gasteiger partial charge is 0.449 e. The van der Waals surface area contributed by atoms with E-state index in [-0.39, 0.29) is 5.97 Å². The van der Waals surface area contributed by atoms with Gasteiger partial charge in [0, 0.05) is 42.4 Å². The van der Waals surface area contributed by atoms with Crippen molar-refractivity contribution in [1.29, 1.82) is 0 Å². The molecule has 36 heavy (non-hydrogen) atoms. The minimum absolute atomic E-state index is 0.0458. The van der Waals surface area contributed by atoms with Crippen LogP contribution < -0.4 is 4.90 Å². The van der Waals surface area contributed by atoms with Crippen LogP contribution in [0.15, 0.2) is 52.3 Å². The molecule has 2 aromatic rings. The molecule has 4 nitrogen and oxygen atoms in total. The van der Waals surface area contributed by atoms with Crippen LogP contribution in [0, 0.1) is 13.8 Å². The molecule has 0 aliphatic carbocycles. The van der Waals surface area contributed by atoms with Gasteiger partial charge in [-0.1, -0.05) is 99.9 Å². The number of benzene rings is 2. The normalized spacial score (nSPS) is 14.2. The summed E-state index contributed by atoms with van der Waals surface area (Å²) in [5.74, 6) is -0.0458. The summed E-state index contributed by atoms with van der Waals surface area (Å²) < 4.78 is 5.58. The number of piperazine rings is 1. The molecule has 0 atom stereocenters. The number of carbonyl (C=O) groups is 1. The molecule has 1 saturated heterocycles. The summed E-state index contributed by atoms with van der Waals surface area (Å²) in [5.41, 5.74) is 3.92. The van der Waals surface area contributed by atoms with E-state index in [0.29, 0.717) is 13.2 Å². The molecule has 1 fully saturated rings. The Morgan fingerprint density at radius 3 is 2.19 bits per heavy atom. The van der Waals surface area contributed by atoms with Gasteiger partial charge in [-0.15, -0.1) is 0 Å². The maximum atomic E-state index is 12.2. The van der Waals surface area contributed by atoms with Crippen molar-refractivity contribution in [2.75, 3.05) is 37.8 Å². The Balaban J connectivity index is 1.34. The number of aryl methyl sites for hydroxylation is 2. The van der Waals surface area contributed by atoms with Gasteiger partial charge in [0.15, 0.2) is 0 Å². The van der Waals surface area contributed by atoms with Gasteiger partial charge in [-0.25, -0.2) is 0 Å². The van der Waals surface area contributed by atoms with Crippen LogP contribution >= 0.6 is 11.8 Å². The first-order chi connectivity index (χ1) is 17.6. The zero-order valence-electron chi connectivity index (χ0n) is 22.8. The average molecular weight is 511 g/mol. The fourth-order valence-corrected chi connectivity index (χ4v) is 5.81. The highest BCUT2D eigenvalue weighted by Gasteiger charge is 2.20. The van der Waals surface area contributed by atoms with Crippen molar-refractivity contribution in [3.63, 3.8) is 0 Å². The van der Waals surface area contributed by atoms with Gasteiger partial charge in [-0.3, -0.25) is 9.69 Å². The fraction of sp³-hybridized carbons (Fsp3) is 0.581. The number of esters is 1. The van der Waals surface area contributed by atoms with Crippen LogP contribution in [0.4, 0.5) is 5.69 Å². The Morgan fingerprint density at radius 1 is 0.833 bits per heavy atom. The van der Waals surface area contributed by atoms with Crippen molar-refractivity contribution >= 4 is 23.4 Å². The Hall–Kier alpha value is -1.98. The van der Waals surface area contributed by atoms with E-state index in [2.05, 4.69) is 73.0 Å². The molecule has 0 N–H and O–H groups in total. The summed E-state index contributed by atoms with van der Waals surface area (Å²) in [6.45, 7) is 10.7. The molecular weight excluding hydrogens is 464 g/mol. The second kappa shape index (κ2) is 16.0. The van der Waals surface area contributed by atoms with E-state index in [1.54, 1.807) is 0 Å². The van der Waals surface area contributed by atoms with Crippen molar-refractivity contribution in [3.8, 4) is 0 Å². The topological polar surface area (TPSA) is 32.8 Å². The van der Waals surface area contributed by atoms with E-state index < -0.39 is 0 Å². The molecule has 0 amide bonds. The number of hydrogen-bond donors (Lipinski definition) is 0. The highest BCUT2D eigenvalue weighted by Crippen LogP contribution is 2.37. The zero-order chi connectivity index (χ0) is 25.6. The average Bonchev–Trinajstić information content (AvgIpc) is 2.89. The van der Waals surface area contributed by atoms with Crippen molar-refractivity contribution in [1.82, 2.24) is 4.90 Å². The third kappa shape index (κ3) is 9.82. The lowest BCUT2D eigenvalue weighted by molar-refractivity contribution is -0.148. The Bertz CT molecular complexity index is 925. The highest BCUT2D eigenvalue weighted by atomic mass is 32.2. The number of anilines is 1. The summed E-state index contributed by atoms with van der Waals surface area (Å²) in [7, 11) is 0. The van der Waals surface area contributed by atoms with Gasteiger partial charge in [0.25, 0.3) is 0 Å². The zero-order valence-corrected chi connectivity index (χ0v) is 23.6. The van der Waals surface area contributed by atoms with E-state index >= 15 is 0 Å². The van der Waals surface area contributed by atoms with Crippen LogP contribution in [-0.4, -0.2) is 43.8 Å². The predicted octanol–water partition coefficient (Wildman–Crippen LogP) is 8.00. The molecule has 3 rings (SSSR count). The number of para-hydroxylation sites is 1. The number of ether oxygens (including phenoxy) is 1. The lowest BCUT2D eigenvalue weighted by Gasteiger charge is -2.36. The van der Waals surface area contributed by atoms with Crippen molar-refractivity contribution < 1.29 is 9.53 Å². The van der Waals surface area contributed by atoms with Crippen molar-refractivity contribution in [3.05, 3.63) is 53.6 Å². The van der Waals surface area contributed by atoms with Crippen LogP contribution in [0.2, 0.25) is 0 Å². The second-order valence-corrected chi connectivity index (χ2v) is 11.3. The predicted molar refractivity (Wildman–Crippen MR) is 153 cm³/mol. The van der Waals surface area contributed by atoms with Crippen LogP contribution in [0.3, 0.4) is 0 Å². The first-order valence-corrected chi connectivity index (χ1v) is 14.9. The third-order valence-electron chi connectivity index (χ3n) is 7.02. The molecule has 0 unspecified atom stereocenters. The highest BCUT2D eigenvalue weighted by molar-refractivity contribution is 7.99. The van der Waals surface area contributed by atoms with Crippen molar-refractivity contribution in [2.24, 2.45) is 0 Å². The number of hydrogen-bond acceptors (Lipinski definition) is 5. The van der Waals surface area contributed by atoms with Crippen LogP contribution in [0.1, 0.15) is 82.3 Å². The molecule has 0 saturated carbocycles. The number of carbonyl (C=O) groups excluding carboxylic acids is 1. The van der Waals surface area contributed by atoms with Gasteiger partial charge >= 0.3 is 5.97 Å². The van der Waals surface area contributed by atoms with E-state index in [1.165, 1.54) is 71.6 Å². The van der Waals surface area contributed by atoms with E-state index in [9.17, 15) is 4.79 Å². The molecule has 0 aromatic heterocycles. The van der Waals surface area contributed by atoms with Crippen LogP contribution in [-0.2, 0) is 9.53 Å². The van der Waals surface area contributed by atoms with Crippen molar-refractivity contribution in [2.45, 2.75) is 94.8 Å². The summed E-state index contributed by atoms with van der Waals surface area (Å²) in [4.78, 5) is 19.5. The molecule has 1 aliphatic rings. The Labute approximate surface area is 223 Å². The molecular formula is C31H46N2O2S. The van der Waals surface area contributed by atoms with Gasteiger partial charge in [0.05, 0.1) is 5.69 Å². The lowest BCUT2D eigenvalue weighted by atomic mass is 10.1. The van der Waals surface area contributed by atoms with Gasteiger partial charge in [-0.05, 0) is 44.0 Å². The molecule has 1 heterocycles. The molecule has 1 aliphatic heterocycles. The number of rotatable bonds is 15. The lowest BCUT2D eigenvalue weighted by Crippen LogP contribution is -2.47. The molecule has 198 valence electrons. The monoisotopic (exact) mass is 510 g/mol. The smallest absolute Gasteiger partial charge is 0.307 e. The van der Waals surface area contributed by atoms with E-state index in [1.807, 2.05) is 11.8 Å². The maximum Gasteiger partial charge on any atom is 0.307 e. The van der Waals surface area contributed by atoms with Crippen LogP contribution in [0.25, 0.3) is 0 Å². The van der Waals surface area contributed by atoms with Gasteiger partial charge < -0.3 is 9.64 Å². The first kappa shape index (κ1) is 28.6. The molecule has 0 bridgehead atoms. The van der Waals surface area contributed by atoms with Gasteiger partial charge in [0.1, 0.15) is 6.73 Å². The SMILES string of the molecule is CCCCCCCCCCCC(=O)OCN1CCN(c2ccccc2Sc2ccc(C)cc2C)CC1. The van der Waals surface area contributed by atoms with Gasteiger partial charge in [0.2, 0.25) is 0 Å². The van der Waals surface area contributed by atoms with Crippen LogP contribution in [0.5, 0.6) is 0 Å². The van der Waals surface area contributed by atoms with E-state index in [4.69, 9.17) is 4.74 Å². The molecule has 0 spiro atoms. The minimum Gasteiger partial charge on any atom is -0.449 e. The van der Waals surface area contributed by atoms with E-state index in [0.717, 1.165) is 39.0 Å². The summed E-state index contributed by atoms with van der Waals surface area (Å²) in [5, 5.41) is 0. The third-order valence-corrected chi connectivity index (χ3v) is 8.26. The van der Waals surface area contributed by atoms with Gasteiger partial charge in [-0.2, -0.15) is 0 Å². The maximum absolute atomic E-state index is 12.2. The molecule has 2 aromatic carbocycles. The molecule has 0 radical (unpaired) electrons. The summed E-state index contributed by atoms with van der Waals surface area (Å²) in [6.07, 6.45) is 11.9. The Kier molecular flexibility index (Phi) is 12.7. The second-order valence-electron chi connectivity index (χ2n) is 10.2. The molecule has 5 heteroatoms. The summed E-state index contributed by atoms with van der Waals surface area (Å²) in [6, 6.07) is 15.4. The quantitative estimate of drug-likeness (QED) is 0.179. The number of unbranched alkanes of at least 4 members (excludes halogenated alkanes) is 8. The first-order valence-electron chi connectivity index (χ1n) is 14.0. The Morgan fingerprint density at radius 2 is 1.50 bits per heavy atom. The summed E-state index contributed by atoms with van der Waals surface area (Å²) >= 11 is 1.85. The number of nitrogens with zero attached hydrogens (tertiary/aromatic N) is 2.